The predicted molar refractivity (Wildman–Crippen MR) is 91.8 cm³/mol. The molecule has 0 radical (unpaired) electrons. The average molecular weight is 335 g/mol. The Hall–Kier alpha value is -1.85. The molecule has 0 saturated carbocycles. The molecule has 1 N–H and O–H groups in total. The maximum absolute atomic E-state index is 12.4. The quantitative estimate of drug-likeness (QED) is 0.866. The zero-order chi connectivity index (χ0) is 18.1. The summed E-state index contributed by atoms with van der Waals surface area (Å²) in [5.41, 5.74) is 2.46. The Kier molecular flexibility index (Phi) is 5.35. The van der Waals surface area contributed by atoms with Gasteiger partial charge in [-0.15, -0.1) is 0 Å². The van der Waals surface area contributed by atoms with Gasteiger partial charge in [-0.05, 0) is 45.1 Å². The number of carbonyl (C=O) groups excluding carboxylic acids is 1. The smallest absolute Gasteiger partial charge is 0.311 e. The minimum atomic E-state index is -0.820. The molecule has 134 valence electrons. The topological polar surface area (TPSA) is 75.4 Å². The number of hydrogen-bond donors (Lipinski definition) is 1. The standard InChI is InChI=1S/C18H29N3O3/c1-12(2)10-21-14(4)15(13(3)19-21)6-7-16(22)20-9-8-18(5,11-20)17(23)24/h12H,6-11H2,1-5H3,(H,23,24)/t18-/m1/s1. The van der Waals surface area contributed by atoms with E-state index in [2.05, 4.69) is 25.9 Å². The highest BCUT2D eigenvalue weighted by Crippen LogP contribution is 2.30. The highest BCUT2D eigenvalue weighted by molar-refractivity contribution is 5.80. The molecule has 0 bridgehead atoms. The Bertz CT molecular complexity index is 636. The largest absolute Gasteiger partial charge is 0.481 e. The van der Waals surface area contributed by atoms with Gasteiger partial charge in [0, 0.05) is 31.7 Å². The van der Waals surface area contributed by atoms with Gasteiger partial charge in [-0.2, -0.15) is 5.10 Å². The summed E-state index contributed by atoms with van der Waals surface area (Å²) in [5, 5.41) is 13.9. The fourth-order valence-corrected chi connectivity index (χ4v) is 3.36. The van der Waals surface area contributed by atoms with E-state index < -0.39 is 11.4 Å². The highest BCUT2D eigenvalue weighted by atomic mass is 16.4. The second kappa shape index (κ2) is 6.95. The van der Waals surface area contributed by atoms with Crippen LogP contribution in [0.4, 0.5) is 0 Å². The van der Waals surface area contributed by atoms with Crippen LogP contribution in [-0.4, -0.2) is 44.8 Å². The Labute approximate surface area is 143 Å². The van der Waals surface area contributed by atoms with E-state index in [1.165, 1.54) is 0 Å². The molecule has 0 unspecified atom stereocenters. The zero-order valence-corrected chi connectivity index (χ0v) is 15.4. The maximum Gasteiger partial charge on any atom is 0.311 e. The molecule has 1 saturated heterocycles. The van der Waals surface area contributed by atoms with Gasteiger partial charge in [-0.1, -0.05) is 13.8 Å². The minimum absolute atomic E-state index is 0.0374. The Balaban J connectivity index is 1.98. The molecule has 6 heteroatoms. The number of aryl methyl sites for hydroxylation is 1. The predicted octanol–water partition coefficient (Wildman–Crippen LogP) is 2.41. The van der Waals surface area contributed by atoms with Crippen molar-refractivity contribution in [1.82, 2.24) is 14.7 Å². The number of aromatic nitrogens is 2. The lowest BCUT2D eigenvalue weighted by atomic mass is 9.90. The molecule has 1 fully saturated rings. The van der Waals surface area contributed by atoms with E-state index in [-0.39, 0.29) is 5.91 Å². The summed E-state index contributed by atoms with van der Waals surface area (Å²) < 4.78 is 2.02. The van der Waals surface area contributed by atoms with Crippen molar-refractivity contribution < 1.29 is 14.7 Å². The summed E-state index contributed by atoms with van der Waals surface area (Å²) in [5.74, 6) is -0.259. The van der Waals surface area contributed by atoms with E-state index in [1.54, 1.807) is 11.8 Å². The van der Waals surface area contributed by atoms with Gasteiger partial charge in [0.2, 0.25) is 5.91 Å². The normalized spacial score (nSPS) is 20.8. The highest BCUT2D eigenvalue weighted by Gasteiger charge is 2.41. The van der Waals surface area contributed by atoms with Crippen molar-refractivity contribution in [2.75, 3.05) is 13.1 Å². The van der Waals surface area contributed by atoms with Crippen LogP contribution in [0, 0.1) is 25.2 Å². The maximum atomic E-state index is 12.4. The first kappa shape index (κ1) is 18.5. The first-order valence-electron chi connectivity index (χ1n) is 8.68. The average Bonchev–Trinajstić information content (AvgIpc) is 3.00. The van der Waals surface area contributed by atoms with E-state index in [9.17, 15) is 14.7 Å². The third kappa shape index (κ3) is 3.79. The van der Waals surface area contributed by atoms with Crippen LogP contribution in [0.15, 0.2) is 0 Å². The first-order chi connectivity index (χ1) is 11.1. The molecular weight excluding hydrogens is 306 g/mol. The number of carbonyl (C=O) groups is 2. The number of rotatable bonds is 6. The van der Waals surface area contributed by atoms with Crippen LogP contribution in [0.5, 0.6) is 0 Å². The van der Waals surface area contributed by atoms with Gasteiger partial charge in [0.05, 0.1) is 11.1 Å². The molecule has 0 aliphatic carbocycles. The van der Waals surface area contributed by atoms with Gasteiger partial charge in [0.25, 0.3) is 0 Å². The lowest BCUT2D eigenvalue weighted by Crippen LogP contribution is -2.35. The van der Waals surface area contributed by atoms with E-state index >= 15 is 0 Å². The van der Waals surface area contributed by atoms with Gasteiger partial charge >= 0.3 is 5.97 Å². The van der Waals surface area contributed by atoms with E-state index in [4.69, 9.17) is 0 Å². The number of likely N-dealkylation sites (tertiary alicyclic amines) is 1. The molecule has 0 spiro atoms. The van der Waals surface area contributed by atoms with Gasteiger partial charge in [-0.3, -0.25) is 14.3 Å². The molecule has 6 nitrogen and oxygen atoms in total. The van der Waals surface area contributed by atoms with Crippen molar-refractivity contribution in [2.45, 2.75) is 60.4 Å². The molecule has 2 rings (SSSR count). The van der Waals surface area contributed by atoms with Gasteiger partial charge in [0.1, 0.15) is 0 Å². The van der Waals surface area contributed by atoms with Gasteiger partial charge in [-0.25, -0.2) is 0 Å². The second-order valence-corrected chi connectivity index (χ2v) is 7.66. The van der Waals surface area contributed by atoms with Crippen LogP contribution >= 0.6 is 0 Å². The third-order valence-electron chi connectivity index (χ3n) is 5.00. The summed E-state index contributed by atoms with van der Waals surface area (Å²) in [7, 11) is 0. The number of carboxylic acid groups (broad SMARTS) is 1. The number of carboxylic acids is 1. The Morgan fingerprint density at radius 1 is 1.33 bits per heavy atom. The first-order valence-corrected chi connectivity index (χ1v) is 8.68. The van der Waals surface area contributed by atoms with E-state index in [1.807, 2.05) is 11.6 Å². The number of nitrogens with zero attached hydrogens (tertiary/aromatic N) is 3. The van der Waals surface area contributed by atoms with Crippen LogP contribution in [0.3, 0.4) is 0 Å². The Morgan fingerprint density at radius 2 is 2.00 bits per heavy atom. The van der Waals surface area contributed by atoms with Gasteiger partial charge in [0.15, 0.2) is 0 Å². The summed E-state index contributed by atoms with van der Waals surface area (Å²) >= 11 is 0. The van der Waals surface area contributed by atoms with Crippen molar-refractivity contribution in [3.8, 4) is 0 Å². The molecule has 2 heterocycles. The lowest BCUT2D eigenvalue weighted by molar-refractivity contribution is -0.147. The number of hydrogen-bond acceptors (Lipinski definition) is 3. The van der Waals surface area contributed by atoms with E-state index in [0.29, 0.717) is 38.3 Å². The SMILES string of the molecule is Cc1nn(CC(C)C)c(C)c1CCC(=O)N1CC[C@@](C)(C(=O)O)C1. The Morgan fingerprint density at radius 3 is 2.54 bits per heavy atom. The van der Waals surface area contributed by atoms with Crippen molar-refractivity contribution in [3.63, 3.8) is 0 Å². The lowest BCUT2D eigenvalue weighted by Gasteiger charge is -2.20. The van der Waals surface area contributed by atoms with Crippen LogP contribution in [0.2, 0.25) is 0 Å². The second-order valence-electron chi connectivity index (χ2n) is 7.66. The monoisotopic (exact) mass is 335 g/mol. The zero-order valence-electron chi connectivity index (χ0n) is 15.4. The number of amides is 1. The molecule has 24 heavy (non-hydrogen) atoms. The fraction of sp³-hybridized carbons (Fsp3) is 0.722. The fourth-order valence-electron chi connectivity index (χ4n) is 3.36. The van der Waals surface area contributed by atoms with Crippen molar-refractivity contribution in [1.29, 1.82) is 0 Å². The summed E-state index contributed by atoms with van der Waals surface area (Å²) in [6, 6.07) is 0. The molecule has 0 aromatic carbocycles. The van der Waals surface area contributed by atoms with Crippen LogP contribution < -0.4 is 0 Å². The molecule has 1 amide bonds. The minimum Gasteiger partial charge on any atom is -0.481 e. The molecule has 1 aromatic rings. The molecule has 1 aliphatic heterocycles. The number of aliphatic carboxylic acids is 1. The van der Waals surface area contributed by atoms with E-state index in [0.717, 1.165) is 23.5 Å². The molecule has 1 atom stereocenters. The summed E-state index contributed by atoms with van der Waals surface area (Å²) in [4.78, 5) is 25.4. The third-order valence-corrected chi connectivity index (χ3v) is 5.00. The molecule has 1 aliphatic rings. The van der Waals surface area contributed by atoms with Crippen LogP contribution in [0.25, 0.3) is 0 Å². The summed E-state index contributed by atoms with van der Waals surface area (Å²) in [6.07, 6.45) is 1.60. The van der Waals surface area contributed by atoms with Crippen molar-refractivity contribution in [3.05, 3.63) is 17.0 Å². The molecular formula is C18H29N3O3. The van der Waals surface area contributed by atoms with Crippen LogP contribution in [0.1, 0.15) is 50.6 Å². The molecule has 1 aromatic heterocycles. The van der Waals surface area contributed by atoms with Crippen molar-refractivity contribution in [2.24, 2.45) is 11.3 Å². The summed E-state index contributed by atoms with van der Waals surface area (Å²) in [6.45, 7) is 11.8. The van der Waals surface area contributed by atoms with Crippen molar-refractivity contribution >= 4 is 11.9 Å². The van der Waals surface area contributed by atoms with Gasteiger partial charge < -0.3 is 10.0 Å². The van der Waals surface area contributed by atoms with Crippen LogP contribution in [-0.2, 0) is 22.6 Å².